The monoisotopic (exact) mass is 414 g/mol. The summed E-state index contributed by atoms with van der Waals surface area (Å²) >= 11 is 1.26. The second-order valence-corrected chi connectivity index (χ2v) is 7.99. The van der Waals surface area contributed by atoms with Gasteiger partial charge in [0.05, 0.1) is 11.3 Å². The Labute approximate surface area is 175 Å². The number of nitrogens with zero attached hydrogens (tertiary/aromatic N) is 1. The Morgan fingerprint density at radius 2 is 1.69 bits per heavy atom. The van der Waals surface area contributed by atoms with Crippen molar-refractivity contribution in [1.82, 2.24) is 4.90 Å². The first-order chi connectivity index (χ1) is 13.8. The summed E-state index contributed by atoms with van der Waals surface area (Å²) in [6, 6.07) is 14.4. The fraction of sp³-hybridized carbons (Fsp3) is 0.318. The minimum absolute atomic E-state index is 0.0546. The third-order valence-corrected chi connectivity index (χ3v) is 5.21. The first-order valence-electron chi connectivity index (χ1n) is 9.27. The van der Waals surface area contributed by atoms with E-state index in [0.29, 0.717) is 22.1 Å². The van der Waals surface area contributed by atoms with E-state index in [1.165, 1.54) is 22.2 Å². The summed E-state index contributed by atoms with van der Waals surface area (Å²) in [5, 5.41) is 2.71. The molecule has 2 aromatic carbocycles. The molecule has 2 amide bonds. The lowest BCUT2D eigenvalue weighted by Crippen LogP contribution is -2.23. The summed E-state index contributed by atoms with van der Waals surface area (Å²) in [7, 11) is 3.36. The number of amides is 2. The number of benzene rings is 2. The van der Waals surface area contributed by atoms with Gasteiger partial charge in [0.2, 0.25) is 5.91 Å². The Hall–Kier alpha value is -2.80. The summed E-state index contributed by atoms with van der Waals surface area (Å²) in [5.41, 5.74) is 2.16. The Balaban J connectivity index is 1.91. The van der Waals surface area contributed by atoms with Gasteiger partial charge in [-0.15, -0.1) is 11.8 Å². The van der Waals surface area contributed by atoms with Crippen molar-refractivity contribution in [3.05, 3.63) is 59.7 Å². The van der Waals surface area contributed by atoms with Crippen LogP contribution in [0, 0.1) is 0 Å². The molecular formula is C22H26N2O4S. The normalized spacial score (nSPS) is 10.5. The number of thioether (sulfide) groups is 1. The van der Waals surface area contributed by atoms with E-state index in [1.54, 1.807) is 38.4 Å². The summed E-state index contributed by atoms with van der Waals surface area (Å²) in [6.07, 6.45) is 0. The lowest BCUT2D eigenvalue weighted by Gasteiger charge is -2.12. The zero-order valence-electron chi connectivity index (χ0n) is 17.1. The zero-order valence-corrected chi connectivity index (χ0v) is 17.9. The number of anilines is 1. The van der Waals surface area contributed by atoms with Crippen LogP contribution in [-0.4, -0.2) is 49.1 Å². The van der Waals surface area contributed by atoms with Crippen LogP contribution in [0.3, 0.4) is 0 Å². The second kappa shape index (κ2) is 10.7. The van der Waals surface area contributed by atoms with Crippen LogP contribution >= 0.6 is 11.8 Å². The SMILES string of the molecule is CC(C)c1ccc(NC(=O)COC(=O)c2ccccc2SCC(=O)N(C)C)cc1. The molecule has 0 bridgehead atoms. The first kappa shape index (κ1) is 22.5. The van der Waals surface area contributed by atoms with Gasteiger partial charge in [0.15, 0.2) is 6.61 Å². The Morgan fingerprint density at radius 1 is 1.03 bits per heavy atom. The molecule has 0 fully saturated rings. The van der Waals surface area contributed by atoms with Crippen molar-refractivity contribution in [2.24, 2.45) is 0 Å². The molecule has 154 valence electrons. The van der Waals surface area contributed by atoms with Gasteiger partial charge >= 0.3 is 5.97 Å². The lowest BCUT2D eigenvalue weighted by molar-refractivity contribution is -0.125. The van der Waals surface area contributed by atoms with Crippen molar-refractivity contribution in [2.75, 3.05) is 31.8 Å². The minimum atomic E-state index is -0.601. The average molecular weight is 415 g/mol. The summed E-state index contributed by atoms with van der Waals surface area (Å²) in [6.45, 7) is 3.81. The maximum absolute atomic E-state index is 12.4. The first-order valence-corrected chi connectivity index (χ1v) is 10.3. The summed E-state index contributed by atoms with van der Waals surface area (Å²) in [4.78, 5) is 38.4. The van der Waals surface area contributed by atoms with Crippen LogP contribution in [0.1, 0.15) is 35.7 Å². The molecule has 2 rings (SSSR count). The number of rotatable bonds is 8. The molecule has 0 aliphatic rings. The molecular weight excluding hydrogens is 388 g/mol. The highest BCUT2D eigenvalue weighted by Gasteiger charge is 2.16. The van der Waals surface area contributed by atoms with Crippen LogP contribution in [0.15, 0.2) is 53.4 Å². The molecule has 0 unspecified atom stereocenters. The lowest BCUT2D eigenvalue weighted by atomic mass is 10.0. The van der Waals surface area contributed by atoms with E-state index in [-0.39, 0.29) is 18.3 Å². The molecule has 2 aromatic rings. The van der Waals surface area contributed by atoms with E-state index >= 15 is 0 Å². The van der Waals surface area contributed by atoms with Crippen molar-refractivity contribution in [3.8, 4) is 0 Å². The largest absolute Gasteiger partial charge is 0.452 e. The molecule has 0 spiro atoms. The van der Waals surface area contributed by atoms with Gasteiger partial charge in [-0.25, -0.2) is 4.79 Å². The molecule has 1 N–H and O–H groups in total. The number of hydrogen-bond donors (Lipinski definition) is 1. The summed E-state index contributed by atoms with van der Waals surface area (Å²) in [5.74, 6) is -0.448. The van der Waals surface area contributed by atoms with Crippen molar-refractivity contribution in [1.29, 1.82) is 0 Å². The number of ether oxygens (including phenoxy) is 1. The fourth-order valence-corrected chi connectivity index (χ4v) is 3.41. The van der Waals surface area contributed by atoms with Gasteiger partial charge in [-0.1, -0.05) is 38.1 Å². The van der Waals surface area contributed by atoms with Crippen LogP contribution in [-0.2, 0) is 14.3 Å². The molecule has 0 aliphatic carbocycles. The van der Waals surface area contributed by atoms with Gasteiger partial charge < -0.3 is 15.0 Å². The van der Waals surface area contributed by atoms with E-state index < -0.39 is 11.9 Å². The predicted octanol–water partition coefficient (Wildman–Crippen LogP) is 3.79. The van der Waals surface area contributed by atoms with E-state index in [2.05, 4.69) is 19.2 Å². The topological polar surface area (TPSA) is 75.7 Å². The zero-order chi connectivity index (χ0) is 21.4. The standard InChI is InChI=1S/C22H26N2O4S/c1-15(2)16-9-11-17(12-10-16)23-20(25)13-28-22(27)18-7-5-6-8-19(18)29-14-21(26)24(3)4/h5-12,15H,13-14H2,1-4H3,(H,23,25). The average Bonchev–Trinajstić information content (AvgIpc) is 2.70. The molecule has 0 heterocycles. The smallest absolute Gasteiger partial charge is 0.339 e. The van der Waals surface area contributed by atoms with Gasteiger partial charge in [-0.3, -0.25) is 9.59 Å². The fourth-order valence-electron chi connectivity index (χ4n) is 2.39. The third kappa shape index (κ3) is 6.94. The van der Waals surface area contributed by atoms with Crippen LogP contribution in [0.5, 0.6) is 0 Å². The van der Waals surface area contributed by atoms with Crippen LogP contribution in [0.2, 0.25) is 0 Å². The Kier molecular flexibility index (Phi) is 8.27. The van der Waals surface area contributed by atoms with Crippen molar-refractivity contribution in [3.63, 3.8) is 0 Å². The number of hydrogen-bond acceptors (Lipinski definition) is 5. The molecule has 29 heavy (non-hydrogen) atoms. The number of esters is 1. The molecule has 6 nitrogen and oxygen atoms in total. The maximum atomic E-state index is 12.4. The molecule has 7 heteroatoms. The number of carbonyl (C=O) groups is 3. The van der Waals surface area contributed by atoms with E-state index in [1.807, 2.05) is 24.3 Å². The van der Waals surface area contributed by atoms with Crippen LogP contribution in [0.4, 0.5) is 5.69 Å². The Bertz CT molecular complexity index is 863. The maximum Gasteiger partial charge on any atom is 0.339 e. The third-order valence-electron chi connectivity index (χ3n) is 4.15. The number of carbonyl (C=O) groups excluding carboxylic acids is 3. The van der Waals surface area contributed by atoms with E-state index in [9.17, 15) is 14.4 Å². The summed E-state index contributed by atoms with van der Waals surface area (Å²) < 4.78 is 5.16. The molecule has 0 saturated heterocycles. The highest BCUT2D eigenvalue weighted by molar-refractivity contribution is 8.00. The quantitative estimate of drug-likeness (QED) is 0.525. The highest BCUT2D eigenvalue weighted by atomic mass is 32.2. The van der Waals surface area contributed by atoms with Gasteiger partial charge in [0.25, 0.3) is 5.91 Å². The van der Waals surface area contributed by atoms with Gasteiger partial charge in [0, 0.05) is 24.7 Å². The van der Waals surface area contributed by atoms with Gasteiger partial charge in [0.1, 0.15) is 0 Å². The van der Waals surface area contributed by atoms with E-state index in [4.69, 9.17) is 4.74 Å². The van der Waals surface area contributed by atoms with Crippen LogP contribution in [0.25, 0.3) is 0 Å². The van der Waals surface area contributed by atoms with Gasteiger partial charge in [-0.05, 0) is 35.7 Å². The van der Waals surface area contributed by atoms with Gasteiger partial charge in [-0.2, -0.15) is 0 Å². The van der Waals surface area contributed by atoms with Crippen molar-refractivity contribution < 1.29 is 19.1 Å². The molecule has 0 radical (unpaired) electrons. The molecule has 0 atom stereocenters. The van der Waals surface area contributed by atoms with Crippen LogP contribution < -0.4 is 5.32 Å². The second-order valence-electron chi connectivity index (χ2n) is 6.97. The molecule has 0 aliphatic heterocycles. The van der Waals surface area contributed by atoms with Crippen molar-refractivity contribution >= 4 is 35.2 Å². The molecule has 0 aromatic heterocycles. The van der Waals surface area contributed by atoms with Crippen molar-refractivity contribution in [2.45, 2.75) is 24.7 Å². The predicted molar refractivity (Wildman–Crippen MR) is 115 cm³/mol. The minimum Gasteiger partial charge on any atom is -0.452 e. The molecule has 0 saturated carbocycles. The Morgan fingerprint density at radius 3 is 2.31 bits per heavy atom. The number of nitrogens with one attached hydrogen (secondary N) is 1. The van der Waals surface area contributed by atoms with E-state index in [0.717, 1.165) is 0 Å². The highest BCUT2D eigenvalue weighted by Crippen LogP contribution is 2.23.